The Morgan fingerprint density at radius 2 is 1.67 bits per heavy atom. The van der Waals surface area contributed by atoms with Gasteiger partial charge in [-0.25, -0.2) is 0 Å². The molecule has 0 radical (unpaired) electrons. The van der Waals surface area contributed by atoms with Crippen LogP contribution in [0.3, 0.4) is 0 Å². The zero-order valence-electron chi connectivity index (χ0n) is 12.0. The Balaban J connectivity index is 1.95. The van der Waals surface area contributed by atoms with Gasteiger partial charge in [0.25, 0.3) is 0 Å². The highest BCUT2D eigenvalue weighted by atomic mass is 16.5. The Bertz CT molecular complexity index is 775. The third-order valence-corrected chi connectivity index (χ3v) is 4.33. The van der Waals surface area contributed by atoms with E-state index in [9.17, 15) is 0 Å². The molecule has 1 aromatic heterocycles. The molecule has 104 valence electrons. The number of rotatable bonds is 1. The van der Waals surface area contributed by atoms with Crippen LogP contribution in [0.15, 0.2) is 72.9 Å². The van der Waals surface area contributed by atoms with Crippen molar-refractivity contribution in [2.24, 2.45) is 0 Å². The highest BCUT2D eigenvalue weighted by Crippen LogP contribution is 2.38. The zero-order chi connectivity index (χ0) is 14.3. The molecule has 0 saturated heterocycles. The van der Waals surface area contributed by atoms with Crippen LogP contribution in [-0.4, -0.2) is 4.57 Å². The average molecular weight is 275 g/mol. The molecule has 2 heteroatoms. The Hall–Kier alpha value is -2.32. The molecule has 0 aliphatic carbocycles. The third-order valence-electron chi connectivity index (χ3n) is 4.33. The summed E-state index contributed by atoms with van der Waals surface area (Å²) >= 11 is 0. The number of para-hydroxylation sites is 1. The molecule has 1 aliphatic rings. The van der Waals surface area contributed by atoms with E-state index in [0.29, 0.717) is 6.61 Å². The summed E-state index contributed by atoms with van der Waals surface area (Å²) < 4.78 is 8.61. The lowest BCUT2D eigenvalue weighted by Crippen LogP contribution is -2.28. The number of fused-ring (bicyclic) bond motifs is 3. The van der Waals surface area contributed by atoms with Crippen molar-refractivity contribution in [1.29, 1.82) is 0 Å². The van der Waals surface area contributed by atoms with Gasteiger partial charge in [-0.3, -0.25) is 0 Å². The molecule has 0 saturated carbocycles. The molecule has 0 spiro atoms. The smallest absolute Gasteiger partial charge is 0.131 e. The SMILES string of the molecule is CC1(c2ccccc2)OCc2ccccc2-n2cccc21. The molecular weight excluding hydrogens is 258 g/mol. The largest absolute Gasteiger partial charge is 0.360 e. The van der Waals surface area contributed by atoms with Crippen LogP contribution in [0.1, 0.15) is 23.7 Å². The van der Waals surface area contributed by atoms with Gasteiger partial charge in [-0.2, -0.15) is 0 Å². The Labute approximate surface area is 124 Å². The Morgan fingerprint density at radius 3 is 2.52 bits per heavy atom. The number of benzene rings is 2. The van der Waals surface area contributed by atoms with Crippen LogP contribution in [0.2, 0.25) is 0 Å². The predicted molar refractivity (Wildman–Crippen MR) is 83.5 cm³/mol. The van der Waals surface area contributed by atoms with Crippen LogP contribution in [0.25, 0.3) is 5.69 Å². The third kappa shape index (κ3) is 1.83. The van der Waals surface area contributed by atoms with E-state index < -0.39 is 5.60 Å². The van der Waals surface area contributed by atoms with Gasteiger partial charge in [0.1, 0.15) is 5.60 Å². The van der Waals surface area contributed by atoms with Crippen molar-refractivity contribution in [3.63, 3.8) is 0 Å². The van der Waals surface area contributed by atoms with Gasteiger partial charge < -0.3 is 9.30 Å². The summed E-state index contributed by atoms with van der Waals surface area (Å²) in [7, 11) is 0. The molecule has 21 heavy (non-hydrogen) atoms. The molecular formula is C19H17NO. The monoisotopic (exact) mass is 275 g/mol. The lowest BCUT2D eigenvalue weighted by molar-refractivity contribution is -0.0169. The Morgan fingerprint density at radius 1 is 0.905 bits per heavy atom. The maximum absolute atomic E-state index is 6.37. The van der Waals surface area contributed by atoms with E-state index in [1.54, 1.807) is 0 Å². The van der Waals surface area contributed by atoms with Crippen LogP contribution in [0.5, 0.6) is 0 Å². The molecule has 0 fully saturated rings. The lowest BCUT2D eigenvalue weighted by atomic mass is 9.92. The standard InChI is InChI=1S/C19H17NO/c1-19(16-9-3-2-4-10-16)18-12-7-13-20(18)17-11-6-5-8-15(17)14-21-19/h2-13H,14H2,1H3. The van der Waals surface area contributed by atoms with E-state index in [4.69, 9.17) is 4.74 Å². The highest BCUT2D eigenvalue weighted by Gasteiger charge is 2.35. The number of aromatic nitrogens is 1. The molecule has 1 atom stereocenters. The zero-order valence-corrected chi connectivity index (χ0v) is 12.0. The lowest BCUT2D eigenvalue weighted by Gasteiger charge is -2.29. The van der Waals surface area contributed by atoms with E-state index in [-0.39, 0.29) is 0 Å². The Kier molecular flexibility index (Phi) is 2.72. The summed E-state index contributed by atoms with van der Waals surface area (Å²) in [5.74, 6) is 0. The second-order valence-electron chi connectivity index (χ2n) is 5.58. The summed E-state index contributed by atoms with van der Waals surface area (Å²) in [5, 5.41) is 0. The van der Waals surface area contributed by atoms with Crippen LogP contribution in [-0.2, 0) is 16.9 Å². The average Bonchev–Trinajstić information content (AvgIpc) is 3.00. The fraction of sp³-hybridized carbons (Fsp3) is 0.158. The van der Waals surface area contributed by atoms with Crippen LogP contribution < -0.4 is 0 Å². The molecule has 3 aromatic rings. The van der Waals surface area contributed by atoms with Gasteiger partial charge in [0.15, 0.2) is 0 Å². The minimum absolute atomic E-state index is 0.441. The predicted octanol–water partition coefficient (Wildman–Crippen LogP) is 4.27. The van der Waals surface area contributed by atoms with Gasteiger partial charge in [0.2, 0.25) is 0 Å². The minimum Gasteiger partial charge on any atom is -0.360 e. The topological polar surface area (TPSA) is 14.2 Å². The normalized spacial score (nSPS) is 20.4. The number of hydrogen-bond donors (Lipinski definition) is 0. The molecule has 1 unspecified atom stereocenters. The van der Waals surface area contributed by atoms with E-state index in [1.165, 1.54) is 22.5 Å². The fourth-order valence-electron chi connectivity index (χ4n) is 3.13. The molecule has 2 nitrogen and oxygen atoms in total. The first kappa shape index (κ1) is 12.4. The summed E-state index contributed by atoms with van der Waals surface area (Å²) in [6.45, 7) is 2.77. The van der Waals surface area contributed by atoms with Crippen molar-refractivity contribution >= 4 is 0 Å². The molecule has 2 heterocycles. The number of nitrogens with zero attached hydrogens (tertiary/aromatic N) is 1. The first-order chi connectivity index (χ1) is 10.3. The van der Waals surface area contributed by atoms with Crippen molar-refractivity contribution < 1.29 is 4.74 Å². The van der Waals surface area contributed by atoms with Crippen molar-refractivity contribution in [2.45, 2.75) is 19.1 Å². The second-order valence-corrected chi connectivity index (χ2v) is 5.58. The molecule has 0 N–H and O–H groups in total. The summed E-state index contributed by atoms with van der Waals surface area (Å²) in [4.78, 5) is 0. The van der Waals surface area contributed by atoms with Crippen molar-refractivity contribution in [2.75, 3.05) is 0 Å². The van der Waals surface area contributed by atoms with Gasteiger partial charge in [-0.1, -0.05) is 48.5 Å². The fourth-order valence-corrected chi connectivity index (χ4v) is 3.13. The van der Waals surface area contributed by atoms with E-state index in [0.717, 1.165) is 0 Å². The van der Waals surface area contributed by atoms with Gasteiger partial charge in [0.05, 0.1) is 18.0 Å². The number of ether oxygens (including phenoxy) is 1. The first-order valence-corrected chi connectivity index (χ1v) is 7.25. The quantitative estimate of drug-likeness (QED) is 0.647. The summed E-state index contributed by atoms with van der Waals surface area (Å²) in [6, 6.07) is 23.1. The van der Waals surface area contributed by atoms with Crippen molar-refractivity contribution in [1.82, 2.24) is 4.57 Å². The van der Waals surface area contributed by atoms with E-state index >= 15 is 0 Å². The van der Waals surface area contributed by atoms with Gasteiger partial charge in [-0.05, 0) is 30.7 Å². The maximum atomic E-state index is 6.37. The number of hydrogen-bond acceptors (Lipinski definition) is 1. The molecule has 0 bridgehead atoms. The van der Waals surface area contributed by atoms with Crippen LogP contribution in [0.4, 0.5) is 0 Å². The maximum Gasteiger partial charge on any atom is 0.131 e. The van der Waals surface area contributed by atoms with Crippen molar-refractivity contribution in [3.05, 3.63) is 89.7 Å². The van der Waals surface area contributed by atoms with E-state index in [2.05, 4.69) is 78.4 Å². The molecule has 1 aliphatic heterocycles. The van der Waals surface area contributed by atoms with Crippen molar-refractivity contribution in [3.8, 4) is 5.69 Å². The van der Waals surface area contributed by atoms with Gasteiger partial charge in [-0.15, -0.1) is 0 Å². The van der Waals surface area contributed by atoms with Gasteiger partial charge in [0, 0.05) is 11.8 Å². The first-order valence-electron chi connectivity index (χ1n) is 7.25. The minimum atomic E-state index is -0.441. The van der Waals surface area contributed by atoms with Crippen LogP contribution in [0, 0.1) is 0 Å². The van der Waals surface area contributed by atoms with E-state index in [1.807, 2.05) is 6.07 Å². The highest BCUT2D eigenvalue weighted by molar-refractivity contribution is 5.47. The molecule has 0 amide bonds. The summed E-state index contributed by atoms with van der Waals surface area (Å²) in [6.07, 6.45) is 2.12. The summed E-state index contributed by atoms with van der Waals surface area (Å²) in [5.41, 5.74) is 4.33. The molecule has 4 rings (SSSR count). The van der Waals surface area contributed by atoms with Gasteiger partial charge >= 0.3 is 0 Å². The molecule has 2 aromatic carbocycles. The second kappa shape index (κ2) is 4.61. The van der Waals surface area contributed by atoms with Crippen LogP contribution >= 0.6 is 0 Å².